The molecular weight excluding hydrogens is 296 g/mol. The van der Waals surface area contributed by atoms with Crippen LogP contribution in [-0.2, 0) is 4.79 Å². The molecule has 0 aliphatic carbocycles. The van der Waals surface area contributed by atoms with Crippen LogP contribution in [0.5, 0.6) is 0 Å². The summed E-state index contributed by atoms with van der Waals surface area (Å²) in [7, 11) is 0. The number of hydrogen-bond acceptors (Lipinski definition) is 2. The van der Waals surface area contributed by atoms with Crippen molar-refractivity contribution in [2.45, 2.75) is 26.2 Å². The number of hydrogen-bond donors (Lipinski definition) is 2. The van der Waals surface area contributed by atoms with Crippen molar-refractivity contribution in [1.82, 2.24) is 5.32 Å². The molecule has 2 N–H and O–H groups in total. The fourth-order valence-corrected chi connectivity index (χ4v) is 3.49. The zero-order valence-electron chi connectivity index (χ0n) is 14.3. The lowest BCUT2D eigenvalue weighted by Gasteiger charge is -2.28. The second-order valence-electron chi connectivity index (χ2n) is 6.75. The molecule has 126 valence electrons. The Morgan fingerprint density at radius 3 is 2.67 bits per heavy atom. The fourth-order valence-electron chi connectivity index (χ4n) is 3.49. The second kappa shape index (κ2) is 8.11. The summed E-state index contributed by atoms with van der Waals surface area (Å²) < 4.78 is 0. The summed E-state index contributed by atoms with van der Waals surface area (Å²) in [5.41, 5.74) is 3.08. The molecule has 3 nitrogen and oxygen atoms in total. The van der Waals surface area contributed by atoms with Crippen molar-refractivity contribution in [2.24, 2.45) is 11.8 Å². The Bertz CT molecular complexity index is 663. The molecule has 1 aliphatic heterocycles. The predicted molar refractivity (Wildman–Crippen MR) is 99.9 cm³/mol. The highest BCUT2D eigenvalue weighted by Crippen LogP contribution is 2.28. The Balaban J connectivity index is 1.66. The van der Waals surface area contributed by atoms with Gasteiger partial charge < -0.3 is 10.6 Å². The van der Waals surface area contributed by atoms with Crippen LogP contribution in [0.3, 0.4) is 0 Å². The van der Waals surface area contributed by atoms with E-state index in [9.17, 15) is 4.79 Å². The zero-order chi connectivity index (χ0) is 16.8. The fraction of sp³-hybridized carbons (Fsp3) is 0.381. The Kier molecular flexibility index (Phi) is 5.65. The van der Waals surface area contributed by atoms with Crippen molar-refractivity contribution >= 4 is 11.6 Å². The molecule has 2 aromatic carbocycles. The maximum Gasteiger partial charge on any atom is 0.224 e. The van der Waals surface area contributed by atoms with Gasteiger partial charge in [0.2, 0.25) is 5.91 Å². The van der Waals surface area contributed by atoms with Gasteiger partial charge in [-0.3, -0.25) is 4.79 Å². The molecule has 0 spiro atoms. The highest BCUT2D eigenvalue weighted by Gasteiger charge is 2.22. The number of rotatable bonds is 5. The summed E-state index contributed by atoms with van der Waals surface area (Å²) in [5, 5.41) is 6.56. The van der Waals surface area contributed by atoms with E-state index in [2.05, 4.69) is 35.8 Å². The zero-order valence-corrected chi connectivity index (χ0v) is 14.3. The third kappa shape index (κ3) is 4.24. The minimum absolute atomic E-state index is 0.108. The van der Waals surface area contributed by atoms with Crippen LogP contribution in [0.15, 0.2) is 54.6 Å². The van der Waals surface area contributed by atoms with Crippen LogP contribution < -0.4 is 10.6 Å². The van der Waals surface area contributed by atoms with E-state index in [4.69, 9.17) is 0 Å². The Morgan fingerprint density at radius 2 is 1.92 bits per heavy atom. The second-order valence-corrected chi connectivity index (χ2v) is 6.75. The molecule has 1 amide bonds. The van der Waals surface area contributed by atoms with Gasteiger partial charge in [-0.15, -0.1) is 0 Å². The first-order chi connectivity index (χ1) is 11.7. The van der Waals surface area contributed by atoms with Crippen molar-refractivity contribution in [1.29, 1.82) is 0 Å². The number of piperidine rings is 1. The molecule has 0 bridgehead atoms. The number of nitrogens with one attached hydrogen (secondary N) is 2. The molecule has 1 saturated heterocycles. The van der Waals surface area contributed by atoms with Crippen LogP contribution in [0.4, 0.5) is 5.69 Å². The van der Waals surface area contributed by atoms with E-state index < -0.39 is 0 Å². The minimum Gasteiger partial charge on any atom is -0.326 e. The van der Waals surface area contributed by atoms with Gasteiger partial charge in [0.25, 0.3) is 0 Å². The lowest BCUT2D eigenvalue weighted by Crippen LogP contribution is -2.34. The summed E-state index contributed by atoms with van der Waals surface area (Å²) in [4.78, 5) is 12.5. The normalized spacial score (nSPS) is 18.8. The molecule has 24 heavy (non-hydrogen) atoms. The van der Waals surface area contributed by atoms with Crippen LogP contribution in [0.1, 0.15) is 26.2 Å². The molecule has 2 unspecified atom stereocenters. The van der Waals surface area contributed by atoms with Crippen molar-refractivity contribution < 1.29 is 4.79 Å². The standard InChI is InChI=1S/C21H26N2O/c1-16(18-10-7-13-22-15-18)14-21(24)23-20-12-6-5-11-19(20)17-8-3-2-4-9-17/h2-6,8-9,11-12,16,18,22H,7,10,13-15H2,1H3,(H,23,24). The van der Waals surface area contributed by atoms with Gasteiger partial charge in [-0.2, -0.15) is 0 Å². The van der Waals surface area contributed by atoms with E-state index in [0.717, 1.165) is 29.9 Å². The average Bonchev–Trinajstić information content (AvgIpc) is 2.63. The average molecular weight is 322 g/mol. The van der Waals surface area contributed by atoms with E-state index in [1.165, 1.54) is 12.8 Å². The van der Waals surface area contributed by atoms with Crippen molar-refractivity contribution in [3.63, 3.8) is 0 Å². The third-order valence-corrected chi connectivity index (χ3v) is 4.93. The molecule has 2 atom stereocenters. The van der Waals surface area contributed by atoms with E-state index >= 15 is 0 Å². The molecule has 2 aromatic rings. The first-order valence-corrected chi connectivity index (χ1v) is 8.89. The van der Waals surface area contributed by atoms with Gasteiger partial charge >= 0.3 is 0 Å². The van der Waals surface area contributed by atoms with Crippen molar-refractivity contribution in [3.8, 4) is 11.1 Å². The van der Waals surface area contributed by atoms with E-state index in [1.54, 1.807) is 0 Å². The molecular formula is C21H26N2O. The lowest BCUT2D eigenvalue weighted by atomic mass is 9.85. The molecule has 3 heteroatoms. The molecule has 0 radical (unpaired) electrons. The van der Waals surface area contributed by atoms with Crippen molar-refractivity contribution in [3.05, 3.63) is 54.6 Å². The number of anilines is 1. The van der Waals surface area contributed by atoms with Crippen LogP contribution in [0.2, 0.25) is 0 Å². The molecule has 1 aliphatic rings. The summed E-state index contributed by atoms with van der Waals surface area (Å²) in [6.45, 7) is 4.34. The number of benzene rings is 2. The molecule has 1 heterocycles. The topological polar surface area (TPSA) is 41.1 Å². The Hall–Kier alpha value is -2.13. The minimum atomic E-state index is 0.108. The Morgan fingerprint density at radius 1 is 1.17 bits per heavy atom. The number of para-hydroxylation sites is 1. The number of carbonyl (C=O) groups is 1. The van der Waals surface area contributed by atoms with Crippen molar-refractivity contribution in [2.75, 3.05) is 18.4 Å². The van der Waals surface area contributed by atoms with Crippen LogP contribution >= 0.6 is 0 Å². The first kappa shape index (κ1) is 16.7. The lowest BCUT2D eigenvalue weighted by molar-refractivity contribution is -0.117. The van der Waals surface area contributed by atoms with E-state index in [1.807, 2.05) is 36.4 Å². The van der Waals surface area contributed by atoms with Crippen LogP contribution in [-0.4, -0.2) is 19.0 Å². The predicted octanol–water partition coefficient (Wildman–Crippen LogP) is 4.32. The number of amides is 1. The van der Waals surface area contributed by atoms with Crippen LogP contribution in [0.25, 0.3) is 11.1 Å². The van der Waals surface area contributed by atoms with Gasteiger partial charge in [0.05, 0.1) is 0 Å². The monoisotopic (exact) mass is 322 g/mol. The highest BCUT2D eigenvalue weighted by atomic mass is 16.1. The third-order valence-electron chi connectivity index (χ3n) is 4.93. The summed E-state index contributed by atoms with van der Waals surface area (Å²) in [6.07, 6.45) is 3.02. The SMILES string of the molecule is CC(CC(=O)Nc1ccccc1-c1ccccc1)C1CCCNC1. The van der Waals surface area contributed by atoms with Gasteiger partial charge in [0.15, 0.2) is 0 Å². The van der Waals surface area contributed by atoms with Gasteiger partial charge in [-0.05, 0) is 49.4 Å². The molecule has 0 saturated carbocycles. The Labute approximate surface area is 144 Å². The van der Waals surface area contributed by atoms with Crippen LogP contribution in [0, 0.1) is 11.8 Å². The summed E-state index contributed by atoms with van der Waals surface area (Å²) in [6, 6.07) is 18.2. The quantitative estimate of drug-likeness (QED) is 0.861. The van der Waals surface area contributed by atoms with Gasteiger partial charge in [-0.1, -0.05) is 55.5 Å². The van der Waals surface area contributed by atoms with Gasteiger partial charge in [-0.25, -0.2) is 0 Å². The maximum atomic E-state index is 12.5. The summed E-state index contributed by atoms with van der Waals surface area (Å²) in [5.74, 6) is 1.12. The molecule has 3 rings (SSSR count). The van der Waals surface area contributed by atoms with Gasteiger partial charge in [0, 0.05) is 17.7 Å². The smallest absolute Gasteiger partial charge is 0.224 e. The van der Waals surface area contributed by atoms with E-state index in [-0.39, 0.29) is 5.91 Å². The summed E-state index contributed by atoms with van der Waals surface area (Å²) >= 11 is 0. The molecule has 1 fully saturated rings. The maximum absolute atomic E-state index is 12.5. The van der Waals surface area contributed by atoms with Gasteiger partial charge in [0.1, 0.15) is 0 Å². The largest absolute Gasteiger partial charge is 0.326 e. The first-order valence-electron chi connectivity index (χ1n) is 8.89. The highest BCUT2D eigenvalue weighted by molar-refractivity contribution is 5.95. The number of carbonyl (C=O) groups excluding carboxylic acids is 1. The molecule has 0 aromatic heterocycles. The van der Waals surface area contributed by atoms with E-state index in [0.29, 0.717) is 18.3 Å².